The van der Waals surface area contributed by atoms with Crippen molar-refractivity contribution in [2.24, 2.45) is 0 Å². The smallest absolute Gasteiger partial charge is 0.326 e. The van der Waals surface area contributed by atoms with E-state index in [1.165, 1.54) is 4.90 Å². The Kier molecular flexibility index (Phi) is 9.73. The number of alkyl halides is 2. The molecule has 0 spiro atoms. The third-order valence-electron chi connectivity index (χ3n) is 3.65. The molecule has 0 saturated heterocycles. The van der Waals surface area contributed by atoms with Crippen LogP contribution in [-0.2, 0) is 9.59 Å². The monoisotopic (exact) mass is 532 g/mol. The SMILES string of the molecule is O=C(O)CCC(NC(=O)c1cc(F)c(N(CCBr)CCBr)c(F)c1F)C(=O)O. The first-order valence-electron chi connectivity index (χ1n) is 7.93. The van der Waals surface area contributed by atoms with Crippen LogP contribution in [0.5, 0.6) is 0 Å². The third-order valence-corrected chi connectivity index (χ3v) is 4.36. The molecule has 1 unspecified atom stereocenters. The molecule has 12 heteroatoms. The molecule has 28 heavy (non-hydrogen) atoms. The summed E-state index contributed by atoms with van der Waals surface area (Å²) in [7, 11) is 0. The normalized spacial score (nSPS) is 11.8. The first kappa shape index (κ1) is 24.2. The second kappa shape index (κ2) is 11.2. The molecule has 7 nitrogen and oxygen atoms in total. The Morgan fingerprint density at radius 1 is 1.07 bits per heavy atom. The van der Waals surface area contributed by atoms with Crippen molar-refractivity contribution in [3.63, 3.8) is 0 Å². The highest BCUT2D eigenvalue weighted by Crippen LogP contribution is 2.28. The second-order valence-corrected chi connectivity index (χ2v) is 7.13. The minimum Gasteiger partial charge on any atom is -0.481 e. The average molecular weight is 534 g/mol. The van der Waals surface area contributed by atoms with E-state index in [2.05, 4.69) is 31.9 Å². The molecule has 1 aromatic carbocycles. The van der Waals surface area contributed by atoms with Crippen LogP contribution in [-0.4, -0.2) is 57.9 Å². The van der Waals surface area contributed by atoms with Gasteiger partial charge in [0.2, 0.25) is 0 Å². The number of nitrogens with one attached hydrogen (secondary N) is 1. The van der Waals surface area contributed by atoms with Gasteiger partial charge >= 0.3 is 11.9 Å². The Morgan fingerprint density at radius 2 is 1.64 bits per heavy atom. The summed E-state index contributed by atoms with van der Waals surface area (Å²) in [6.07, 6.45) is -1.05. The first-order valence-corrected chi connectivity index (χ1v) is 10.2. The number of nitrogens with zero attached hydrogens (tertiary/aromatic N) is 1. The van der Waals surface area contributed by atoms with E-state index in [9.17, 15) is 27.6 Å². The van der Waals surface area contributed by atoms with Crippen LogP contribution in [0.1, 0.15) is 23.2 Å². The zero-order chi connectivity index (χ0) is 21.4. The van der Waals surface area contributed by atoms with Crippen LogP contribution in [0, 0.1) is 17.5 Å². The predicted molar refractivity (Wildman–Crippen MR) is 102 cm³/mol. The molecular weight excluding hydrogens is 517 g/mol. The fraction of sp³-hybridized carbons (Fsp3) is 0.438. The molecule has 156 valence electrons. The maximum absolute atomic E-state index is 14.5. The molecular formula is C16H17Br2F3N2O5. The van der Waals surface area contributed by atoms with Crippen molar-refractivity contribution in [3.8, 4) is 0 Å². The largest absolute Gasteiger partial charge is 0.481 e. The Balaban J connectivity index is 3.19. The molecule has 0 saturated carbocycles. The van der Waals surface area contributed by atoms with Crippen molar-refractivity contribution in [2.45, 2.75) is 18.9 Å². The van der Waals surface area contributed by atoms with Crippen molar-refractivity contribution in [1.29, 1.82) is 0 Å². The van der Waals surface area contributed by atoms with Crippen LogP contribution in [0.3, 0.4) is 0 Å². The summed E-state index contributed by atoms with van der Waals surface area (Å²) in [4.78, 5) is 35.1. The number of rotatable bonds is 11. The van der Waals surface area contributed by atoms with E-state index in [1.807, 2.05) is 5.32 Å². The van der Waals surface area contributed by atoms with Crippen LogP contribution in [0.4, 0.5) is 18.9 Å². The minimum absolute atomic E-state index is 0.167. The highest BCUT2D eigenvalue weighted by atomic mass is 79.9. The molecule has 1 amide bonds. The van der Waals surface area contributed by atoms with Gasteiger partial charge in [-0.3, -0.25) is 9.59 Å². The van der Waals surface area contributed by atoms with Crippen molar-refractivity contribution >= 4 is 55.4 Å². The van der Waals surface area contributed by atoms with E-state index in [4.69, 9.17) is 10.2 Å². The van der Waals surface area contributed by atoms with Crippen molar-refractivity contribution < 1.29 is 37.8 Å². The van der Waals surface area contributed by atoms with Gasteiger partial charge in [-0.25, -0.2) is 18.0 Å². The summed E-state index contributed by atoms with van der Waals surface area (Å²) in [6, 6.07) is -1.18. The molecule has 0 aromatic heterocycles. The summed E-state index contributed by atoms with van der Waals surface area (Å²) in [5.74, 6) is -8.63. The topological polar surface area (TPSA) is 107 Å². The zero-order valence-electron chi connectivity index (χ0n) is 14.4. The van der Waals surface area contributed by atoms with Crippen molar-refractivity contribution in [3.05, 3.63) is 29.1 Å². The molecule has 0 aliphatic rings. The predicted octanol–water partition coefficient (Wildman–Crippen LogP) is 2.75. The van der Waals surface area contributed by atoms with Crippen LogP contribution in [0.25, 0.3) is 0 Å². The molecule has 0 aliphatic carbocycles. The van der Waals surface area contributed by atoms with Gasteiger partial charge in [0.25, 0.3) is 5.91 Å². The first-order chi connectivity index (χ1) is 13.1. The van der Waals surface area contributed by atoms with Gasteiger partial charge in [0.05, 0.1) is 5.56 Å². The highest BCUT2D eigenvalue weighted by molar-refractivity contribution is 9.09. The highest BCUT2D eigenvalue weighted by Gasteiger charge is 2.28. The van der Waals surface area contributed by atoms with E-state index in [1.54, 1.807) is 0 Å². The van der Waals surface area contributed by atoms with Gasteiger partial charge in [0, 0.05) is 30.2 Å². The van der Waals surface area contributed by atoms with Crippen molar-refractivity contribution in [1.82, 2.24) is 5.32 Å². The van der Waals surface area contributed by atoms with Crippen LogP contribution in [0.15, 0.2) is 6.07 Å². The number of carboxylic acid groups (broad SMARTS) is 2. The maximum atomic E-state index is 14.5. The fourth-order valence-corrected chi connectivity index (χ4v) is 3.20. The number of benzene rings is 1. The van der Waals surface area contributed by atoms with Gasteiger partial charge < -0.3 is 20.4 Å². The lowest BCUT2D eigenvalue weighted by Crippen LogP contribution is -2.41. The van der Waals surface area contributed by atoms with Crippen LogP contribution >= 0.6 is 31.9 Å². The lowest BCUT2D eigenvalue weighted by atomic mass is 10.1. The molecule has 0 heterocycles. The minimum atomic E-state index is -1.66. The molecule has 3 N–H and O–H groups in total. The lowest BCUT2D eigenvalue weighted by Gasteiger charge is -2.25. The van der Waals surface area contributed by atoms with E-state index >= 15 is 0 Å². The number of carbonyl (C=O) groups excluding carboxylic acids is 1. The summed E-state index contributed by atoms with van der Waals surface area (Å²) in [5.41, 5.74) is -1.66. The standard InChI is InChI=1S/C16H17Br2F3N2O5/c17-3-5-23(6-4-18)14-9(19)7-8(12(20)13(14)21)15(26)22-10(16(27)28)1-2-11(24)25/h7,10H,1-6H2,(H,22,26)(H,24,25)(H,27,28). The number of hydrogen-bond donors (Lipinski definition) is 3. The Hall–Kier alpha value is -1.82. The molecule has 1 aromatic rings. The number of hydrogen-bond acceptors (Lipinski definition) is 4. The van der Waals surface area contributed by atoms with Crippen molar-refractivity contribution in [2.75, 3.05) is 28.6 Å². The number of anilines is 1. The molecule has 1 rings (SSSR count). The second-order valence-electron chi connectivity index (χ2n) is 5.54. The zero-order valence-corrected chi connectivity index (χ0v) is 17.5. The van der Waals surface area contributed by atoms with Gasteiger partial charge in [0.1, 0.15) is 11.7 Å². The molecule has 0 fully saturated rings. The quantitative estimate of drug-likeness (QED) is 0.298. The fourth-order valence-electron chi connectivity index (χ4n) is 2.34. The number of amides is 1. The Morgan fingerprint density at radius 3 is 2.11 bits per heavy atom. The summed E-state index contributed by atoms with van der Waals surface area (Å²) in [6.45, 7) is 0.335. The van der Waals surface area contributed by atoms with Crippen LogP contribution < -0.4 is 10.2 Å². The van der Waals surface area contributed by atoms with Gasteiger partial charge in [-0.2, -0.15) is 0 Å². The Bertz CT molecular complexity index is 745. The van der Waals surface area contributed by atoms with Gasteiger partial charge in [0.15, 0.2) is 17.5 Å². The lowest BCUT2D eigenvalue weighted by molar-refractivity contribution is -0.140. The van der Waals surface area contributed by atoms with Gasteiger partial charge in [-0.15, -0.1) is 0 Å². The summed E-state index contributed by atoms with van der Waals surface area (Å²) in [5, 5.41) is 20.2. The maximum Gasteiger partial charge on any atom is 0.326 e. The Labute approximate surface area is 175 Å². The van der Waals surface area contributed by atoms with Crippen LogP contribution in [0.2, 0.25) is 0 Å². The van der Waals surface area contributed by atoms with E-state index in [0.717, 1.165) is 0 Å². The van der Waals surface area contributed by atoms with E-state index < -0.39 is 65.4 Å². The average Bonchev–Trinajstić information content (AvgIpc) is 2.61. The number of carboxylic acids is 2. The molecule has 0 bridgehead atoms. The van der Waals surface area contributed by atoms with Gasteiger partial charge in [-0.1, -0.05) is 31.9 Å². The molecule has 0 aliphatic heterocycles. The molecule has 1 atom stereocenters. The summed E-state index contributed by atoms with van der Waals surface area (Å²) >= 11 is 6.26. The number of carbonyl (C=O) groups is 3. The van der Waals surface area contributed by atoms with E-state index in [-0.39, 0.29) is 13.1 Å². The third kappa shape index (κ3) is 6.36. The number of halogens is 5. The molecule has 0 radical (unpaired) electrons. The number of aliphatic carboxylic acids is 2. The van der Waals surface area contributed by atoms with E-state index in [0.29, 0.717) is 16.7 Å². The summed E-state index contributed by atoms with van der Waals surface area (Å²) < 4.78 is 43.3. The van der Waals surface area contributed by atoms with Gasteiger partial charge in [-0.05, 0) is 12.5 Å².